The van der Waals surface area contributed by atoms with Crippen molar-refractivity contribution in [1.82, 2.24) is 10.3 Å². The largest absolute Gasteiger partial charge is 0.467 e. The van der Waals surface area contributed by atoms with Gasteiger partial charge in [0.05, 0.1) is 24.3 Å². The van der Waals surface area contributed by atoms with Crippen LogP contribution in [0.1, 0.15) is 21.6 Å². The zero-order valence-electron chi connectivity index (χ0n) is 14.7. The minimum atomic E-state index is -0.926. The molecule has 6 nitrogen and oxygen atoms in total. The van der Waals surface area contributed by atoms with Gasteiger partial charge in [-0.25, -0.2) is 9.78 Å². The SMILES string of the molecule is COC(=O)[C@H](Cc1ccccc1C#N)NC(=O)c1ccc2ccccc2n1. The molecule has 1 amide bonds. The van der Waals surface area contributed by atoms with Crippen molar-refractivity contribution < 1.29 is 14.3 Å². The molecule has 27 heavy (non-hydrogen) atoms. The number of nitrogens with one attached hydrogen (secondary N) is 1. The Morgan fingerprint density at radius 2 is 1.85 bits per heavy atom. The molecule has 3 rings (SSSR count). The molecule has 1 aromatic heterocycles. The van der Waals surface area contributed by atoms with Gasteiger partial charge in [-0.15, -0.1) is 0 Å². The van der Waals surface area contributed by atoms with Crippen molar-refractivity contribution in [3.05, 3.63) is 77.5 Å². The second-order valence-electron chi connectivity index (χ2n) is 5.91. The molecule has 6 heteroatoms. The molecule has 0 spiro atoms. The van der Waals surface area contributed by atoms with E-state index in [-0.39, 0.29) is 12.1 Å². The number of methoxy groups -OCH3 is 1. The Morgan fingerprint density at radius 1 is 1.11 bits per heavy atom. The summed E-state index contributed by atoms with van der Waals surface area (Å²) in [6, 6.07) is 18.9. The van der Waals surface area contributed by atoms with Crippen LogP contribution in [0.4, 0.5) is 0 Å². The van der Waals surface area contributed by atoms with Crippen LogP contribution in [0.2, 0.25) is 0 Å². The van der Waals surface area contributed by atoms with Crippen molar-refractivity contribution >= 4 is 22.8 Å². The fraction of sp³-hybridized carbons (Fsp3) is 0.143. The quantitative estimate of drug-likeness (QED) is 0.707. The molecule has 0 radical (unpaired) electrons. The number of benzene rings is 2. The zero-order valence-corrected chi connectivity index (χ0v) is 14.7. The summed E-state index contributed by atoms with van der Waals surface area (Å²) in [6.07, 6.45) is 0.149. The van der Waals surface area contributed by atoms with Gasteiger partial charge in [0.15, 0.2) is 0 Å². The minimum Gasteiger partial charge on any atom is -0.467 e. The molecule has 0 saturated heterocycles. The summed E-state index contributed by atoms with van der Waals surface area (Å²) in [5.74, 6) is -1.07. The predicted octanol–water partition coefficient (Wildman–Crippen LogP) is 2.62. The van der Waals surface area contributed by atoms with Crippen LogP contribution >= 0.6 is 0 Å². The van der Waals surface area contributed by atoms with Crippen LogP contribution in [0, 0.1) is 11.3 Å². The Labute approximate surface area is 156 Å². The third-order valence-electron chi connectivity index (χ3n) is 4.18. The first-order valence-electron chi connectivity index (χ1n) is 8.35. The first-order valence-corrected chi connectivity index (χ1v) is 8.35. The highest BCUT2D eigenvalue weighted by Gasteiger charge is 2.24. The highest BCUT2D eigenvalue weighted by molar-refractivity contribution is 5.97. The number of para-hydroxylation sites is 1. The third kappa shape index (κ3) is 4.10. The van der Waals surface area contributed by atoms with Gasteiger partial charge in [-0.05, 0) is 23.8 Å². The maximum Gasteiger partial charge on any atom is 0.328 e. The van der Waals surface area contributed by atoms with Crippen molar-refractivity contribution in [3.63, 3.8) is 0 Å². The Hall–Kier alpha value is -3.72. The lowest BCUT2D eigenvalue weighted by Gasteiger charge is -2.17. The van der Waals surface area contributed by atoms with Gasteiger partial charge in [0, 0.05) is 11.8 Å². The Kier molecular flexibility index (Phi) is 5.43. The Bertz CT molecular complexity index is 1040. The van der Waals surface area contributed by atoms with E-state index in [1.54, 1.807) is 36.4 Å². The number of amides is 1. The molecule has 2 aromatic carbocycles. The number of carbonyl (C=O) groups is 2. The van der Waals surface area contributed by atoms with E-state index in [0.717, 1.165) is 5.39 Å². The number of fused-ring (bicyclic) bond motifs is 1. The lowest BCUT2D eigenvalue weighted by Crippen LogP contribution is -2.43. The van der Waals surface area contributed by atoms with E-state index < -0.39 is 17.9 Å². The van der Waals surface area contributed by atoms with Crippen molar-refractivity contribution in [3.8, 4) is 6.07 Å². The number of pyridine rings is 1. The van der Waals surface area contributed by atoms with Gasteiger partial charge in [-0.3, -0.25) is 4.79 Å². The summed E-state index contributed by atoms with van der Waals surface area (Å²) in [5.41, 5.74) is 2.00. The number of hydrogen-bond acceptors (Lipinski definition) is 5. The normalized spacial score (nSPS) is 11.4. The van der Waals surface area contributed by atoms with Gasteiger partial charge in [0.25, 0.3) is 5.91 Å². The van der Waals surface area contributed by atoms with Gasteiger partial charge in [0.1, 0.15) is 11.7 Å². The first kappa shape index (κ1) is 18.1. The predicted molar refractivity (Wildman–Crippen MR) is 99.9 cm³/mol. The van der Waals surface area contributed by atoms with Gasteiger partial charge in [-0.1, -0.05) is 42.5 Å². The topological polar surface area (TPSA) is 92.1 Å². The van der Waals surface area contributed by atoms with E-state index in [1.807, 2.05) is 24.3 Å². The van der Waals surface area contributed by atoms with Crippen LogP contribution in [0.25, 0.3) is 10.9 Å². The van der Waals surface area contributed by atoms with Crippen LogP contribution in [0.15, 0.2) is 60.7 Å². The van der Waals surface area contributed by atoms with Crippen LogP contribution in [0.5, 0.6) is 0 Å². The van der Waals surface area contributed by atoms with Crippen LogP contribution in [-0.4, -0.2) is 30.0 Å². The second-order valence-corrected chi connectivity index (χ2v) is 5.91. The molecular weight excluding hydrogens is 342 g/mol. The molecule has 1 heterocycles. The van der Waals surface area contributed by atoms with E-state index in [4.69, 9.17) is 4.74 Å². The summed E-state index contributed by atoms with van der Waals surface area (Å²) in [4.78, 5) is 29.1. The summed E-state index contributed by atoms with van der Waals surface area (Å²) in [6.45, 7) is 0. The molecule has 0 aliphatic heterocycles. The Morgan fingerprint density at radius 3 is 2.63 bits per heavy atom. The lowest BCUT2D eigenvalue weighted by atomic mass is 10.0. The Balaban J connectivity index is 1.84. The average Bonchev–Trinajstić information content (AvgIpc) is 2.72. The lowest BCUT2D eigenvalue weighted by molar-refractivity contribution is -0.142. The van der Waals surface area contributed by atoms with E-state index in [0.29, 0.717) is 16.6 Å². The molecule has 0 bridgehead atoms. The standard InChI is InChI=1S/C21H17N3O3/c1-27-21(26)19(12-15-7-2-3-8-16(15)13-22)24-20(25)18-11-10-14-6-4-5-9-17(14)23-18/h2-11,19H,12H2,1H3,(H,24,25)/t19-/m0/s1. The van der Waals surface area contributed by atoms with E-state index in [9.17, 15) is 14.9 Å². The van der Waals surface area contributed by atoms with E-state index in [2.05, 4.69) is 16.4 Å². The number of hydrogen-bond donors (Lipinski definition) is 1. The van der Waals surface area contributed by atoms with E-state index in [1.165, 1.54) is 7.11 Å². The smallest absolute Gasteiger partial charge is 0.328 e. The molecular formula is C21H17N3O3. The number of ether oxygens (including phenoxy) is 1. The molecule has 0 aliphatic carbocycles. The van der Waals surface area contributed by atoms with Gasteiger partial charge >= 0.3 is 5.97 Å². The minimum absolute atomic E-state index is 0.149. The van der Waals surface area contributed by atoms with Crippen LogP contribution in [0.3, 0.4) is 0 Å². The summed E-state index contributed by atoms with van der Waals surface area (Å²) >= 11 is 0. The summed E-state index contributed by atoms with van der Waals surface area (Å²) in [5, 5.41) is 12.8. The molecule has 0 fully saturated rings. The first-order chi connectivity index (χ1) is 13.1. The number of carbonyl (C=O) groups excluding carboxylic acids is 2. The molecule has 1 N–H and O–H groups in total. The van der Waals surface area contributed by atoms with Gasteiger partial charge in [-0.2, -0.15) is 5.26 Å². The van der Waals surface area contributed by atoms with Crippen molar-refractivity contribution in [2.45, 2.75) is 12.5 Å². The molecule has 3 aromatic rings. The van der Waals surface area contributed by atoms with Crippen LogP contribution in [-0.2, 0) is 16.0 Å². The number of rotatable bonds is 5. The molecule has 0 saturated carbocycles. The second kappa shape index (κ2) is 8.11. The summed E-state index contributed by atoms with van der Waals surface area (Å²) in [7, 11) is 1.26. The number of esters is 1. The maximum absolute atomic E-state index is 12.6. The number of aromatic nitrogens is 1. The molecule has 0 aliphatic rings. The van der Waals surface area contributed by atoms with E-state index >= 15 is 0 Å². The highest BCUT2D eigenvalue weighted by Crippen LogP contribution is 2.14. The fourth-order valence-corrected chi connectivity index (χ4v) is 2.79. The highest BCUT2D eigenvalue weighted by atomic mass is 16.5. The van der Waals surface area contributed by atoms with Gasteiger partial charge in [0.2, 0.25) is 0 Å². The average molecular weight is 359 g/mol. The summed E-state index contributed by atoms with van der Waals surface area (Å²) < 4.78 is 4.81. The number of nitrogens with zero attached hydrogens (tertiary/aromatic N) is 2. The third-order valence-corrected chi connectivity index (χ3v) is 4.18. The maximum atomic E-state index is 12.6. The monoisotopic (exact) mass is 359 g/mol. The molecule has 134 valence electrons. The molecule has 1 atom stereocenters. The number of nitriles is 1. The van der Waals surface area contributed by atoms with Crippen molar-refractivity contribution in [1.29, 1.82) is 5.26 Å². The van der Waals surface area contributed by atoms with Crippen molar-refractivity contribution in [2.75, 3.05) is 7.11 Å². The fourth-order valence-electron chi connectivity index (χ4n) is 2.79. The van der Waals surface area contributed by atoms with Crippen molar-refractivity contribution in [2.24, 2.45) is 0 Å². The molecule has 0 unspecified atom stereocenters. The van der Waals surface area contributed by atoms with Gasteiger partial charge < -0.3 is 10.1 Å². The zero-order chi connectivity index (χ0) is 19.2. The van der Waals surface area contributed by atoms with Crippen LogP contribution < -0.4 is 5.32 Å².